The molecule has 3 heteroatoms. The van der Waals surface area contributed by atoms with E-state index in [1.54, 1.807) is 0 Å². The number of hydrogen-bond donors (Lipinski definition) is 0. The first kappa shape index (κ1) is 12.1. The van der Waals surface area contributed by atoms with Crippen molar-refractivity contribution in [2.24, 2.45) is 17.8 Å². The van der Waals surface area contributed by atoms with Gasteiger partial charge in [0.05, 0.1) is 11.8 Å². The van der Waals surface area contributed by atoms with Crippen molar-refractivity contribution < 1.29 is 14.3 Å². The van der Waals surface area contributed by atoms with Crippen molar-refractivity contribution in [3.05, 3.63) is 22.8 Å². The minimum absolute atomic E-state index is 0.104. The Hall–Kier alpha value is -1.38. The van der Waals surface area contributed by atoms with E-state index in [-0.39, 0.29) is 29.7 Å². The number of esters is 2. The maximum Gasteiger partial charge on any atom is 0.321 e. The van der Waals surface area contributed by atoms with Gasteiger partial charge in [-0.1, -0.05) is 22.8 Å². The summed E-state index contributed by atoms with van der Waals surface area (Å²) in [6.07, 6.45) is 2.94. The molecule has 2 aliphatic rings. The fourth-order valence-corrected chi connectivity index (χ4v) is 2.88. The second-order valence-electron chi connectivity index (χ2n) is 5.32. The highest BCUT2D eigenvalue weighted by Crippen LogP contribution is 2.44. The van der Waals surface area contributed by atoms with Gasteiger partial charge >= 0.3 is 11.9 Å². The molecule has 17 heavy (non-hydrogen) atoms. The number of carbonyl (C=O) groups excluding carboxylic acids is 2. The molecule has 2 rings (SSSR count). The summed E-state index contributed by atoms with van der Waals surface area (Å²) in [6.45, 7) is 7.99. The van der Waals surface area contributed by atoms with Crippen LogP contribution >= 0.6 is 0 Å². The van der Waals surface area contributed by atoms with Crippen LogP contribution in [0.3, 0.4) is 0 Å². The maximum absolute atomic E-state index is 11.8. The first-order valence-electron chi connectivity index (χ1n) is 5.98. The lowest BCUT2D eigenvalue weighted by Gasteiger charge is -2.29. The number of hydrogen-bond acceptors (Lipinski definition) is 3. The molecule has 1 aliphatic heterocycles. The highest BCUT2D eigenvalue weighted by atomic mass is 16.6. The molecule has 1 saturated heterocycles. The molecule has 0 radical (unpaired) electrons. The lowest BCUT2D eigenvalue weighted by molar-refractivity contribution is -0.153. The minimum Gasteiger partial charge on any atom is -0.392 e. The van der Waals surface area contributed by atoms with E-state index in [1.807, 2.05) is 27.7 Å². The van der Waals surface area contributed by atoms with Crippen molar-refractivity contribution in [2.75, 3.05) is 0 Å². The van der Waals surface area contributed by atoms with Crippen molar-refractivity contribution in [3.8, 4) is 0 Å². The smallest absolute Gasteiger partial charge is 0.321 e. The van der Waals surface area contributed by atoms with Crippen molar-refractivity contribution in [3.63, 3.8) is 0 Å². The van der Waals surface area contributed by atoms with E-state index < -0.39 is 0 Å². The molecule has 0 aromatic rings. The van der Waals surface area contributed by atoms with Gasteiger partial charge in [0.2, 0.25) is 0 Å². The Morgan fingerprint density at radius 1 is 1.24 bits per heavy atom. The zero-order chi connectivity index (χ0) is 12.7. The first-order valence-corrected chi connectivity index (χ1v) is 5.98. The summed E-state index contributed by atoms with van der Waals surface area (Å²) in [6, 6.07) is 0. The van der Waals surface area contributed by atoms with Crippen molar-refractivity contribution in [2.45, 2.75) is 34.1 Å². The van der Waals surface area contributed by atoms with E-state index in [0.29, 0.717) is 0 Å². The summed E-state index contributed by atoms with van der Waals surface area (Å²) in [5.74, 6) is -1.27. The van der Waals surface area contributed by atoms with Gasteiger partial charge in [0.15, 0.2) is 0 Å². The van der Waals surface area contributed by atoms with Gasteiger partial charge in [-0.3, -0.25) is 9.59 Å². The van der Waals surface area contributed by atoms with Crippen LogP contribution in [0.25, 0.3) is 0 Å². The predicted octanol–water partition coefficient (Wildman–Crippen LogP) is 2.62. The Balaban J connectivity index is 2.44. The van der Waals surface area contributed by atoms with Crippen molar-refractivity contribution >= 4 is 11.9 Å². The van der Waals surface area contributed by atoms with Crippen LogP contribution in [0.4, 0.5) is 0 Å². The molecule has 3 unspecified atom stereocenters. The molecule has 1 aliphatic carbocycles. The third-order valence-electron chi connectivity index (χ3n) is 3.78. The fraction of sp³-hybridized carbons (Fsp3) is 0.571. The number of cyclic esters (lactones) is 2. The van der Waals surface area contributed by atoms with Gasteiger partial charge in [0.1, 0.15) is 0 Å². The number of allylic oxidation sites excluding steroid dienone is 3. The van der Waals surface area contributed by atoms with E-state index in [0.717, 1.165) is 12.0 Å². The molecule has 1 fully saturated rings. The molecule has 0 bridgehead atoms. The van der Waals surface area contributed by atoms with E-state index in [2.05, 4.69) is 6.08 Å². The van der Waals surface area contributed by atoms with Crippen LogP contribution in [0.15, 0.2) is 22.8 Å². The van der Waals surface area contributed by atoms with Crippen LogP contribution in [-0.2, 0) is 14.3 Å². The Morgan fingerprint density at radius 2 is 1.88 bits per heavy atom. The summed E-state index contributed by atoms with van der Waals surface area (Å²) in [5.41, 5.74) is 3.40. The van der Waals surface area contributed by atoms with Crippen LogP contribution in [-0.4, -0.2) is 11.9 Å². The first-order chi connectivity index (χ1) is 7.91. The third kappa shape index (κ3) is 1.94. The number of fused-ring (bicyclic) bond motifs is 1. The summed E-state index contributed by atoms with van der Waals surface area (Å²) < 4.78 is 4.80. The average Bonchev–Trinajstić information content (AvgIpc) is 2.49. The van der Waals surface area contributed by atoms with Gasteiger partial charge < -0.3 is 4.74 Å². The molecule has 0 saturated carbocycles. The van der Waals surface area contributed by atoms with Gasteiger partial charge in [-0.2, -0.15) is 0 Å². The number of rotatable bonds is 1. The molecular formula is C14H18O3. The molecule has 92 valence electrons. The molecule has 0 amide bonds. The zero-order valence-corrected chi connectivity index (χ0v) is 10.7. The van der Waals surface area contributed by atoms with Crippen LogP contribution in [0.2, 0.25) is 0 Å². The summed E-state index contributed by atoms with van der Waals surface area (Å²) >= 11 is 0. The molecule has 3 nitrogen and oxygen atoms in total. The van der Waals surface area contributed by atoms with E-state index in [1.165, 1.54) is 11.1 Å². The second kappa shape index (κ2) is 4.13. The maximum atomic E-state index is 11.8. The summed E-state index contributed by atoms with van der Waals surface area (Å²) in [7, 11) is 0. The van der Waals surface area contributed by atoms with Gasteiger partial charge in [-0.25, -0.2) is 0 Å². The topological polar surface area (TPSA) is 43.4 Å². The lowest BCUT2D eigenvalue weighted by atomic mass is 9.70. The van der Waals surface area contributed by atoms with Crippen LogP contribution in [0.1, 0.15) is 34.1 Å². The minimum atomic E-state index is -0.372. The van der Waals surface area contributed by atoms with Crippen molar-refractivity contribution in [1.29, 1.82) is 0 Å². The van der Waals surface area contributed by atoms with Crippen LogP contribution in [0, 0.1) is 17.8 Å². The Bertz CT molecular complexity index is 438. The number of carbonyl (C=O) groups is 2. The van der Waals surface area contributed by atoms with Gasteiger partial charge in [-0.05, 0) is 40.0 Å². The summed E-state index contributed by atoms with van der Waals surface area (Å²) in [5, 5.41) is 0. The lowest BCUT2D eigenvalue weighted by Crippen LogP contribution is -2.31. The van der Waals surface area contributed by atoms with Crippen LogP contribution < -0.4 is 0 Å². The molecular weight excluding hydrogens is 216 g/mol. The molecule has 1 heterocycles. The predicted molar refractivity (Wildman–Crippen MR) is 64.0 cm³/mol. The standard InChI is InChI=1S/C14H18O3/c1-7(2)5-10-6-8(3)9(4)11-12(10)14(16)17-13(11)15/h5,10-12H,6H2,1-4H3. The second-order valence-corrected chi connectivity index (χ2v) is 5.32. The van der Waals surface area contributed by atoms with E-state index >= 15 is 0 Å². The van der Waals surface area contributed by atoms with E-state index in [4.69, 9.17) is 4.74 Å². The van der Waals surface area contributed by atoms with Crippen molar-refractivity contribution in [1.82, 2.24) is 0 Å². The average molecular weight is 234 g/mol. The number of ether oxygens (including phenoxy) is 1. The van der Waals surface area contributed by atoms with Gasteiger partial charge in [0.25, 0.3) is 0 Å². The zero-order valence-electron chi connectivity index (χ0n) is 10.7. The third-order valence-corrected chi connectivity index (χ3v) is 3.78. The molecule has 0 N–H and O–H groups in total. The highest BCUT2D eigenvalue weighted by Gasteiger charge is 2.50. The molecule has 0 aromatic heterocycles. The Morgan fingerprint density at radius 3 is 2.47 bits per heavy atom. The monoisotopic (exact) mass is 234 g/mol. The van der Waals surface area contributed by atoms with Gasteiger partial charge in [0, 0.05) is 0 Å². The Kier molecular flexibility index (Phi) is 2.94. The normalized spacial score (nSPS) is 32.4. The van der Waals surface area contributed by atoms with Crippen LogP contribution in [0.5, 0.6) is 0 Å². The van der Waals surface area contributed by atoms with E-state index in [9.17, 15) is 9.59 Å². The molecule has 0 aromatic carbocycles. The molecule has 3 atom stereocenters. The van der Waals surface area contributed by atoms with Gasteiger partial charge in [-0.15, -0.1) is 0 Å². The SMILES string of the molecule is CC(C)=CC1CC(C)=C(C)C2C(=O)OC(=O)C12. The quantitative estimate of drug-likeness (QED) is 0.398. The fourth-order valence-electron chi connectivity index (χ4n) is 2.88. The highest BCUT2D eigenvalue weighted by molar-refractivity contribution is 5.98. The molecule has 0 spiro atoms. The summed E-state index contributed by atoms with van der Waals surface area (Å²) in [4.78, 5) is 23.5. The Labute approximate surface area is 102 Å². The largest absolute Gasteiger partial charge is 0.392 e.